The standard InChI is InChI=1S/C17H18FNO2/c1-11-5-3-4-6-14(11)12(2)19-10-13-7-8-15(17(20)21)16(18)9-13/h3-9,12,19H,10H2,1-2H3,(H,20,21)/t12-/m1/s1. The maximum atomic E-state index is 13.6. The summed E-state index contributed by atoms with van der Waals surface area (Å²) in [6, 6.07) is 12.4. The Kier molecular flexibility index (Phi) is 4.70. The summed E-state index contributed by atoms with van der Waals surface area (Å²) in [5.41, 5.74) is 2.81. The lowest BCUT2D eigenvalue weighted by atomic mass is 10.0. The van der Waals surface area contributed by atoms with E-state index in [0.717, 1.165) is 5.56 Å². The van der Waals surface area contributed by atoms with Gasteiger partial charge in [-0.1, -0.05) is 30.3 Å². The SMILES string of the molecule is Cc1ccccc1[C@@H](C)NCc1ccc(C(=O)O)c(F)c1. The van der Waals surface area contributed by atoms with E-state index in [1.807, 2.05) is 19.1 Å². The van der Waals surface area contributed by atoms with Crippen molar-refractivity contribution in [2.75, 3.05) is 0 Å². The second kappa shape index (κ2) is 6.50. The Morgan fingerprint density at radius 3 is 2.62 bits per heavy atom. The van der Waals surface area contributed by atoms with Crippen molar-refractivity contribution < 1.29 is 14.3 Å². The molecular weight excluding hydrogens is 269 g/mol. The fourth-order valence-corrected chi connectivity index (χ4v) is 2.30. The van der Waals surface area contributed by atoms with E-state index in [-0.39, 0.29) is 11.6 Å². The van der Waals surface area contributed by atoms with Crippen LogP contribution in [-0.4, -0.2) is 11.1 Å². The third-order valence-corrected chi connectivity index (χ3v) is 3.53. The van der Waals surface area contributed by atoms with E-state index in [0.29, 0.717) is 6.54 Å². The highest BCUT2D eigenvalue weighted by Gasteiger charge is 2.11. The first kappa shape index (κ1) is 15.2. The van der Waals surface area contributed by atoms with Gasteiger partial charge in [0.15, 0.2) is 0 Å². The Labute approximate surface area is 123 Å². The molecule has 3 nitrogen and oxygen atoms in total. The van der Waals surface area contributed by atoms with Crippen LogP contribution in [-0.2, 0) is 6.54 Å². The number of aryl methyl sites for hydroxylation is 1. The zero-order valence-electron chi connectivity index (χ0n) is 12.1. The third kappa shape index (κ3) is 3.67. The van der Waals surface area contributed by atoms with Crippen molar-refractivity contribution in [3.05, 3.63) is 70.5 Å². The molecule has 1 atom stereocenters. The molecular formula is C17H18FNO2. The Bertz CT molecular complexity index is 655. The van der Waals surface area contributed by atoms with Crippen molar-refractivity contribution in [2.45, 2.75) is 26.4 Å². The minimum atomic E-state index is -1.25. The lowest BCUT2D eigenvalue weighted by Gasteiger charge is -2.16. The third-order valence-electron chi connectivity index (χ3n) is 3.53. The average molecular weight is 287 g/mol. The molecule has 110 valence electrons. The second-order valence-corrected chi connectivity index (χ2v) is 5.08. The Balaban J connectivity index is 2.05. The van der Waals surface area contributed by atoms with E-state index >= 15 is 0 Å². The molecule has 0 heterocycles. The van der Waals surface area contributed by atoms with Gasteiger partial charge < -0.3 is 10.4 Å². The maximum Gasteiger partial charge on any atom is 0.338 e. The highest BCUT2D eigenvalue weighted by molar-refractivity contribution is 5.87. The number of carboxylic acids is 1. The van der Waals surface area contributed by atoms with Gasteiger partial charge in [0.05, 0.1) is 5.56 Å². The highest BCUT2D eigenvalue weighted by Crippen LogP contribution is 2.18. The summed E-state index contributed by atoms with van der Waals surface area (Å²) in [6.45, 7) is 4.57. The minimum absolute atomic E-state index is 0.133. The summed E-state index contributed by atoms with van der Waals surface area (Å²) in [4.78, 5) is 10.8. The van der Waals surface area contributed by atoms with E-state index in [1.165, 1.54) is 23.3 Å². The van der Waals surface area contributed by atoms with E-state index in [9.17, 15) is 9.18 Å². The zero-order chi connectivity index (χ0) is 15.4. The van der Waals surface area contributed by atoms with Gasteiger partial charge in [0.25, 0.3) is 0 Å². The van der Waals surface area contributed by atoms with Crippen LogP contribution in [0.15, 0.2) is 42.5 Å². The van der Waals surface area contributed by atoms with E-state index in [2.05, 4.69) is 24.4 Å². The summed E-state index contributed by atoms with van der Waals surface area (Å²) in [5.74, 6) is -1.95. The molecule has 0 radical (unpaired) electrons. The van der Waals surface area contributed by atoms with Crippen molar-refractivity contribution in [3.63, 3.8) is 0 Å². The van der Waals surface area contributed by atoms with Gasteiger partial charge in [0.2, 0.25) is 0 Å². The predicted molar refractivity (Wildman–Crippen MR) is 79.8 cm³/mol. The number of hydrogen-bond acceptors (Lipinski definition) is 2. The maximum absolute atomic E-state index is 13.6. The van der Waals surface area contributed by atoms with E-state index in [4.69, 9.17) is 5.11 Å². The average Bonchev–Trinajstić information content (AvgIpc) is 2.45. The largest absolute Gasteiger partial charge is 0.478 e. The van der Waals surface area contributed by atoms with Crippen LogP contribution in [0.2, 0.25) is 0 Å². The summed E-state index contributed by atoms with van der Waals surface area (Å²) < 4.78 is 13.6. The van der Waals surface area contributed by atoms with Crippen LogP contribution in [0, 0.1) is 12.7 Å². The van der Waals surface area contributed by atoms with Crippen LogP contribution in [0.25, 0.3) is 0 Å². The number of halogens is 1. The van der Waals surface area contributed by atoms with Crippen LogP contribution in [0.1, 0.15) is 40.0 Å². The van der Waals surface area contributed by atoms with Gasteiger partial charge in [-0.2, -0.15) is 0 Å². The Morgan fingerprint density at radius 2 is 2.00 bits per heavy atom. The van der Waals surface area contributed by atoms with Gasteiger partial charge >= 0.3 is 5.97 Å². The molecule has 2 aromatic carbocycles. The van der Waals surface area contributed by atoms with Crippen LogP contribution >= 0.6 is 0 Å². The minimum Gasteiger partial charge on any atom is -0.478 e. The normalized spacial score (nSPS) is 12.1. The number of carbonyl (C=O) groups is 1. The summed E-state index contributed by atoms with van der Waals surface area (Å²) in [6.07, 6.45) is 0. The second-order valence-electron chi connectivity index (χ2n) is 5.08. The molecule has 0 saturated heterocycles. The van der Waals surface area contributed by atoms with Crippen molar-refractivity contribution in [1.82, 2.24) is 5.32 Å². The summed E-state index contributed by atoms with van der Waals surface area (Å²) in [7, 11) is 0. The lowest BCUT2D eigenvalue weighted by Crippen LogP contribution is -2.19. The molecule has 0 aliphatic heterocycles. The molecule has 0 aliphatic carbocycles. The van der Waals surface area contributed by atoms with Crippen molar-refractivity contribution in [1.29, 1.82) is 0 Å². The topological polar surface area (TPSA) is 49.3 Å². The molecule has 4 heteroatoms. The summed E-state index contributed by atoms with van der Waals surface area (Å²) >= 11 is 0. The molecule has 0 amide bonds. The molecule has 0 fully saturated rings. The van der Waals surface area contributed by atoms with Crippen LogP contribution < -0.4 is 5.32 Å². The molecule has 0 bridgehead atoms. The van der Waals surface area contributed by atoms with Crippen molar-refractivity contribution in [2.24, 2.45) is 0 Å². The number of carboxylic acid groups (broad SMARTS) is 1. The number of rotatable bonds is 5. The van der Waals surface area contributed by atoms with Gasteiger partial charge in [0, 0.05) is 12.6 Å². The van der Waals surface area contributed by atoms with Gasteiger partial charge in [0.1, 0.15) is 5.82 Å². The predicted octanol–water partition coefficient (Wildman–Crippen LogP) is 3.68. The van der Waals surface area contributed by atoms with Crippen molar-refractivity contribution in [3.8, 4) is 0 Å². The monoisotopic (exact) mass is 287 g/mol. The highest BCUT2D eigenvalue weighted by atomic mass is 19.1. The molecule has 2 N–H and O–H groups in total. The first-order valence-electron chi connectivity index (χ1n) is 6.79. The summed E-state index contributed by atoms with van der Waals surface area (Å²) in [5, 5.41) is 12.1. The quantitative estimate of drug-likeness (QED) is 0.882. The molecule has 0 spiro atoms. The van der Waals surface area contributed by atoms with E-state index < -0.39 is 11.8 Å². The smallest absolute Gasteiger partial charge is 0.338 e. The number of nitrogens with one attached hydrogen (secondary N) is 1. The Hall–Kier alpha value is -2.20. The van der Waals surface area contributed by atoms with Crippen LogP contribution in [0.3, 0.4) is 0 Å². The van der Waals surface area contributed by atoms with Crippen molar-refractivity contribution >= 4 is 5.97 Å². The van der Waals surface area contributed by atoms with Gasteiger partial charge in [-0.05, 0) is 42.7 Å². The zero-order valence-corrected chi connectivity index (χ0v) is 12.1. The molecule has 0 saturated carbocycles. The van der Waals surface area contributed by atoms with Gasteiger partial charge in [-0.3, -0.25) is 0 Å². The molecule has 2 rings (SSSR count). The lowest BCUT2D eigenvalue weighted by molar-refractivity contribution is 0.0692. The van der Waals surface area contributed by atoms with Crippen LogP contribution in [0.5, 0.6) is 0 Å². The molecule has 0 aliphatic rings. The van der Waals surface area contributed by atoms with Crippen LogP contribution in [0.4, 0.5) is 4.39 Å². The fraction of sp³-hybridized carbons (Fsp3) is 0.235. The first-order valence-corrected chi connectivity index (χ1v) is 6.79. The van der Waals surface area contributed by atoms with E-state index in [1.54, 1.807) is 6.07 Å². The van der Waals surface area contributed by atoms with Gasteiger partial charge in [-0.15, -0.1) is 0 Å². The number of benzene rings is 2. The van der Waals surface area contributed by atoms with Gasteiger partial charge in [-0.25, -0.2) is 9.18 Å². The fourth-order valence-electron chi connectivity index (χ4n) is 2.30. The molecule has 2 aromatic rings. The number of aromatic carboxylic acids is 1. The molecule has 0 unspecified atom stereocenters. The Morgan fingerprint density at radius 1 is 1.29 bits per heavy atom. The molecule has 21 heavy (non-hydrogen) atoms. The first-order chi connectivity index (χ1) is 9.99. The molecule has 0 aromatic heterocycles. The number of hydrogen-bond donors (Lipinski definition) is 2.